The average Bonchev–Trinajstić information content (AvgIpc) is 2.62. The second kappa shape index (κ2) is 7.09. The van der Waals surface area contributed by atoms with Gasteiger partial charge in [-0.25, -0.2) is 4.39 Å². The number of carbonyl (C=O) groups is 2. The van der Waals surface area contributed by atoms with Gasteiger partial charge in [0, 0.05) is 10.6 Å². The van der Waals surface area contributed by atoms with E-state index in [1.54, 1.807) is 39.8 Å². The minimum absolute atomic E-state index is 0.247. The van der Waals surface area contributed by atoms with Crippen molar-refractivity contribution in [2.24, 2.45) is 0 Å². The number of halogens is 2. The number of hydrogen-bond acceptors (Lipinski definition) is 3. The van der Waals surface area contributed by atoms with Gasteiger partial charge in [0.05, 0.1) is 0 Å². The van der Waals surface area contributed by atoms with Gasteiger partial charge in [-0.2, -0.15) is 0 Å². The Balaban J connectivity index is 2.13. The molecule has 2 aromatic carbocycles. The van der Waals surface area contributed by atoms with E-state index in [2.05, 4.69) is 0 Å². The van der Waals surface area contributed by atoms with Crippen molar-refractivity contribution < 1.29 is 18.7 Å². The smallest absolute Gasteiger partial charge is 0.179 e. The van der Waals surface area contributed by atoms with Crippen molar-refractivity contribution in [3.05, 3.63) is 58.4 Å². The van der Waals surface area contributed by atoms with Crippen LogP contribution >= 0.6 is 11.6 Å². The van der Waals surface area contributed by atoms with E-state index < -0.39 is 17.1 Å². The van der Waals surface area contributed by atoms with Crippen molar-refractivity contribution in [2.75, 3.05) is 0 Å². The van der Waals surface area contributed by atoms with Crippen LogP contribution in [0.2, 0.25) is 5.02 Å². The molecule has 0 bridgehead atoms. The molecular weight excluding hydrogens is 379 g/mol. The molecule has 0 radical (unpaired) electrons. The van der Waals surface area contributed by atoms with Crippen molar-refractivity contribution >= 4 is 23.2 Å². The highest BCUT2D eigenvalue weighted by Crippen LogP contribution is 2.40. The van der Waals surface area contributed by atoms with Crippen molar-refractivity contribution in [3.63, 3.8) is 0 Å². The van der Waals surface area contributed by atoms with E-state index in [4.69, 9.17) is 16.3 Å². The predicted molar refractivity (Wildman–Crippen MR) is 108 cm³/mol. The van der Waals surface area contributed by atoms with Gasteiger partial charge in [0.15, 0.2) is 11.6 Å². The summed E-state index contributed by atoms with van der Waals surface area (Å²) in [6.07, 6.45) is 0.620. The van der Waals surface area contributed by atoms with Gasteiger partial charge < -0.3 is 4.74 Å². The highest BCUT2D eigenvalue weighted by molar-refractivity contribution is 6.33. The van der Waals surface area contributed by atoms with Gasteiger partial charge >= 0.3 is 0 Å². The van der Waals surface area contributed by atoms with Crippen LogP contribution in [0.1, 0.15) is 51.7 Å². The predicted octanol–water partition coefficient (Wildman–Crippen LogP) is 5.52. The summed E-state index contributed by atoms with van der Waals surface area (Å²) in [5, 5.41) is 0.441. The van der Waals surface area contributed by atoms with Crippen LogP contribution in [0.3, 0.4) is 0 Å². The molecule has 0 aromatic heterocycles. The SMILES string of the molecule is CCc1cc(-c2cc(F)ccc2Cl)ccc1C1C(=O)C(C)(C)OC(C)(C)C1=O. The van der Waals surface area contributed by atoms with E-state index in [0.29, 0.717) is 22.6 Å². The van der Waals surface area contributed by atoms with Gasteiger partial charge in [-0.1, -0.05) is 36.7 Å². The molecule has 0 spiro atoms. The average molecular weight is 403 g/mol. The highest BCUT2D eigenvalue weighted by atomic mass is 35.5. The molecule has 1 heterocycles. The van der Waals surface area contributed by atoms with E-state index in [0.717, 1.165) is 11.1 Å². The molecule has 3 rings (SSSR count). The monoisotopic (exact) mass is 402 g/mol. The molecule has 0 aliphatic carbocycles. The molecule has 28 heavy (non-hydrogen) atoms. The molecule has 2 aromatic rings. The fourth-order valence-electron chi connectivity index (χ4n) is 3.92. The van der Waals surface area contributed by atoms with Gasteiger partial charge in [0.25, 0.3) is 0 Å². The molecular formula is C23H24ClFO3. The maximum absolute atomic E-state index is 13.7. The van der Waals surface area contributed by atoms with Crippen LogP contribution in [0.15, 0.2) is 36.4 Å². The van der Waals surface area contributed by atoms with Crippen LogP contribution in [0.25, 0.3) is 11.1 Å². The normalized spacial score (nSPS) is 19.1. The van der Waals surface area contributed by atoms with Crippen molar-refractivity contribution in [1.29, 1.82) is 0 Å². The van der Waals surface area contributed by atoms with Crippen LogP contribution < -0.4 is 0 Å². The van der Waals surface area contributed by atoms with Crippen LogP contribution in [0, 0.1) is 5.82 Å². The van der Waals surface area contributed by atoms with E-state index in [1.807, 2.05) is 13.0 Å². The number of rotatable bonds is 3. The standard InChI is InChI=1S/C23H24ClFO3/c1-6-13-11-14(17-12-15(25)8-10-18(17)24)7-9-16(13)19-20(26)22(2,3)28-23(4,5)21(19)27/h7-12,19H,6H2,1-5H3. The molecule has 0 saturated carbocycles. The van der Waals surface area contributed by atoms with Gasteiger partial charge in [-0.15, -0.1) is 0 Å². The first kappa shape index (κ1) is 20.7. The summed E-state index contributed by atoms with van der Waals surface area (Å²) in [7, 11) is 0. The van der Waals surface area contributed by atoms with Gasteiger partial charge in [-0.3, -0.25) is 9.59 Å². The van der Waals surface area contributed by atoms with Gasteiger partial charge in [0.1, 0.15) is 22.9 Å². The molecule has 0 N–H and O–H groups in total. The Morgan fingerprint density at radius 3 is 2.18 bits per heavy atom. The largest absolute Gasteiger partial charge is 0.354 e. The van der Waals surface area contributed by atoms with Crippen molar-refractivity contribution in [1.82, 2.24) is 0 Å². The van der Waals surface area contributed by atoms with Crippen LogP contribution in [0.5, 0.6) is 0 Å². The summed E-state index contributed by atoms with van der Waals surface area (Å²) in [6, 6.07) is 9.66. The number of aryl methyl sites for hydroxylation is 1. The lowest BCUT2D eigenvalue weighted by Crippen LogP contribution is -2.58. The van der Waals surface area contributed by atoms with E-state index >= 15 is 0 Å². The molecule has 1 aliphatic rings. The Morgan fingerprint density at radius 2 is 1.61 bits per heavy atom. The minimum atomic E-state index is -1.06. The third-order valence-electron chi connectivity index (χ3n) is 5.30. The maximum Gasteiger partial charge on any atom is 0.179 e. The lowest BCUT2D eigenvalue weighted by Gasteiger charge is -2.43. The third-order valence-corrected chi connectivity index (χ3v) is 5.63. The second-order valence-electron chi connectivity index (χ2n) is 8.18. The van der Waals surface area contributed by atoms with Crippen molar-refractivity contribution in [2.45, 2.75) is 58.2 Å². The summed E-state index contributed by atoms with van der Waals surface area (Å²) in [5.41, 5.74) is 0.745. The van der Waals surface area contributed by atoms with Crippen LogP contribution in [-0.4, -0.2) is 22.8 Å². The molecule has 1 saturated heterocycles. The van der Waals surface area contributed by atoms with E-state index in [-0.39, 0.29) is 17.4 Å². The molecule has 3 nitrogen and oxygen atoms in total. The van der Waals surface area contributed by atoms with Crippen LogP contribution in [-0.2, 0) is 20.7 Å². The number of hydrogen-bond donors (Lipinski definition) is 0. The first-order valence-electron chi connectivity index (χ1n) is 9.35. The summed E-state index contributed by atoms with van der Waals surface area (Å²) in [5.74, 6) is -1.75. The Bertz CT molecular complexity index is 936. The Labute approximate surface area is 169 Å². The Morgan fingerprint density at radius 1 is 1.00 bits per heavy atom. The fourth-order valence-corrected chi connectivity index (χ4v) is 4.14. The fraction of sp³-hybridized carbons (Fsp3) is 0.391. The minimum Gasteiger partial charge on any atom is -0.354 e. The highest BCUT2D eigenvalue weighted by Gasteiger charge is 2.53. The first-order chi connectivity index (χ1) is 13.0. The van der Waals surface area contributed by atoms with Crippen LogP contribution in [0.4, 0.5) is 4.39 Å². The topological polar surface area (TPSA) is 43.4 Å². The zero-order valence-electron chi connectivity index (χ0n) is 16.7. The molecule has 0 unspecified atom stereocenters. The third kappa shape index (κ3) is 3.51. The quantitative estimate of drug-likeness (QED) is 0.635. The second-order valence-corrected chi connectivity index (χ2v) is 8.58. The number of carbonyl (C=O) groups excluding carboxylic acids is 2. The number of Topliss-reactive ketones (excluding diaryl/α,β-unsaturated/α-hetero) is 2. The van der Waals surface area contributed by atoms with E-state index in [1.165, 1.54) is 18.2 Å². The lowest BCUT2D eigenvalue weighted by molar-refractivity contribution is -0.184. The summed E-state index contributed by atoms with van der Waals surface area (Å²) < 4.78 is 19.5. The van der Waals surface area contributed by atoms with Crippen molar-refractivity contribution in [3.8, 4) is 11.1 Å². The molecule has 0 amide bonds. The molecule has 1 fully saturated rings. The summed E-state index contributed by atoms with van der Waals surface area (Å²) in [6.45, 7) is 8.75. The molecule has 0 atom stereocenters. The Kier molecular flexibility index (Phi) is 5.24. The lowest BCUT2D eigenvalue weighted by atomic mass is 9.73. The zero-order chi connectivity index (χ0) is 20.9. The molecule has 148 valence electrons. The first-order valence-corrected chi connectivity index (χ1v) is 9.73. The van der Waals surface area contributed by atoms with Gasteiger partial charge in [0.2, 0.25) is 0 Å². The Hall–Kier alpha value is -2.04. The summed E-state index contributed by atoms with van der Waals surface area (Å²) in [4.78, 5) is 26.1. The number of ketones is 2. The van der Waals surface area contributed by atoms with Gasteiger partial charge in [-0.05, 0) is 69.0 Å². The number of ether oxygens (including phenoxy) is 1. The number of benzene rings is 2. The summed E-state index contributed by atoms with van der Waals surface area (Å²) >= 11 is 6.24. The maximum atomic E-state index is 13.7. The zero-order valence-corrected chi connectivity index (χ0v) is 17.5. The molecule has 5 heteroatoms. The molecule has 1 aliphatic heterocycles. The van der Waals surface area contributed by atoms with E-state index in [9.17, 15) is 14.0 Å².